The van der Waals surface area contributed by atoms with Crippen LogP contribution in [0.5, 0.6) is 0 Å². The molecule has 1 aromatic rings. The largest absolute Gasteiger partial charge is 0.336 e. The van der Waals surface area contributed by atoms with Gasteiger partial charge in [0.15, 0.2) is 0 Å². The number of aryl methyl sites for hydroxylation is 1. The van der Waals surface area contributed by atoms with Gasteiger partial charge in [-0.15, -0.1) is 0 Å². The van der Waals surface area contributed by atoms with Crippen molar-refractivity contribution in [2.75, 3.05) is 32.7 Å². The Kier molecular flexibility index (Phi) is 4.99. The van der Waals surface area contributed by atoms with E-state index in [1.807, 2.05) is 30.0 Å². The summed E-state index contributed by atoms with van der Waals surface area (Å²) in [5.41, 5.74) is 1.94. The van der Waals surface area contributed by atoms with Gasteiger partial charge in [0.1, 0.15) is 0 Å². The van der Waals surface area contributed by atoms with Gasteiger partial charge in [-0.3, -0.25) is 9.69 Å². The van der Waals surface area contributed by atoms with Crippen LogP contribution in [0, 0.1) is 6.92 Å². The van der Waals surface area contributed by atoms with Crippen LogP contribution >= 0.6 is 15.9 Å². The zero-order valence-corrected chi connectivity index (χ0v) is 13.2. The van der Waals surface area contributed by atoms with Crippen LogP contribution < -0.4 is 0 Å². The monoisotopic (exact) mass is 324 g/mol. The minimum Gasteiger partial charge on any atom is -0.336 e. The highest BCUT2D eigenvalue weighted by Crippen LogP contribution is 2.20. The van der Waals surface area contributed by atoms with Crippen molar-refractivity contribution in [1.82, 2.24) is 9.80 Å². The highest BCUT2D eigenvalue weighted by atomic mass is 79.9. The van der Waals surface area contributed by atoms with Gasteiger partial charge in [0.05, 0.1) is 5.56 Å². The van der Waals surface area contributed by atoms with Gasteiger partial charge in [-0.25, -0.2) is 0 Å². The molecule has 1 aliphatic heterocycles. The normalized spacial score (nSPS) is 16.7. The maximum atomic E-state index is 12.5. The number of rotatable bonds is 3. The number of nitrogens with zero attached hydrogens (tertiary/aromatic N) is 2. The Morgan fingerprint density at radius 2 is 1.95 bits per heavy atom. The molecule has 1 aliphatic rings. The smallest absolute Gasteiger partial charge is 0.255 e. The van der Waals surface area contributed by atoms with E-state index in [1.54, 1.807) is 0 Å². The molecule has 3 nitrogen and oxygen atoms in total. The minimum absolute atomic E-state index is 0.142. The Labute approximate surface area is 123 Å². The van der Waals surface area contributed by atoms with Crippen molar-refractivity contribution in [3.8, 4) is 0 Å². The molecular formula is C15H21BrN2O. The van der Waals surface area contributed by atoms with Crippen LogP contribution in [0.3, 0.4) is 0 Å². The quantitative estimate of drug-likeness (QED) is 0.853. The molecule has 4 heteroatoms. The van der Waals surface area contributed by atoms with Crippen molar-refractivity contribution in [1.29, 1.82) is 0 Å². The second-order valence-electron chi connectivity index (χ2n) is 5.12. The van der Waals surface area contributed by atoms with Gasteiger partial charge in [-0.05, 0) is 53.5 Å². The molecule has 0 saturated carbocycles. The van der Waals surface area contributed by atoms with Crippen LogP contribution in [0.15, 0.2) is 22.7 Å². The zero-order valence-electron chi connectivity index (χ0n) is 11.7. The maximum absolute atomic E-state index is 12.5. The summed E-state index contributed by atoms with van der Waals surface area (Å²) in [6.07, 6.45) is 1.18. The molecule has 1 aromatic carbocycles. The fourth-order valence-electron chi connectivity index (χ4n) is 2.45. The highest BCUT2D eigenvalue weighted by molar-refractivity contribution is 9.10. The molecule has 1 fully saturated rings. The number of carbonyl (C=O) groups excluding carboxylic acids is 1. The standard InChI is InChI=1S/C15H21BrN2O/c1-3-6-17-7-9-18(10-8-17)15(19)13-5-4-12(2)11-14(13)16/h4-5,11H,3,6-10H2,1-2H3. The van der Waals surface area contributed by atoms with E-state index in [-0.39, 0.29) is 5.91 Å². The van der Waals surface area contributed by atoms with Crippen molar-refractivity contribution in [2.24, 2.45) is 0 Å². The maximum Gasteiger partial charge on any atom is 0.255 e. The third kappa shape index (κ3) is 3.57. The molecule has 0 aliphatic carbocycles. The van der Waals surface area contributed by atoms with E-state index in [9.17, 15) is 4.79 Å². The summed E-state index contributed by atoms with van der Waals surface area (Å²) in [5.74, 6) is 0.142. The molecule has 0 radical (unpaired) electrons. The first kappa shape index (κ1) is 14.5. The third-order valence-corrected chi connectivity index (χ3v) is 4.21. The lowest BCUT2D eigenvalue weighted by Crippen LogP contribution is -2.48. The minimum atomic E-state index is 0.142. The Hall–Kier alpha value is -0.870. The molecule has 2 rings (SSSR count). The Morgan fingerprint density at radius 3 is 2.53 bits per heavy atom. The summed E-state index contributed by atoms with van der Waals surface area (Å²) in [5, 5.41) is 0. The molecule has 1 saturated heterocycles. The summed E-state index contributed by atoms with van der Waals surface area (Å²) in [4.78, 5) is 16.9. The average Bonchev–Trinajstić information content (AvgIpc) is 2.39. The van der Waals surface area contributed by atoms with Crippen molar-refractivity contribution < 1.29 is 4.79 Å². The first-order valence-corrected chi connectivity index (χ1v) is 7.69. The van der Waals surface area contributed by atoms with Crippen LogP contribution in [0.25, 0.3) is 0 Å². The van der Waals surface area contributed by atoms with Crippen LogP contribution in [0.4, 0.5) is 0 Å². The lowest BCUT2D eigenvalue weighted by molar-refractivity contribution is 0.0636. The molecule has 1 heterocycles. The van der Waals surface area contributed by atoms with Crippen LogP contribution in [0.1, 0.15) is 29.3 Å². The predicted octanol–water partition coefficient (Wildman–Crippen LogP) is 2.93. The fraction of sp³-hybridized carbons (Fsp3) is 0.533. The highest BCUT2D eigenvalue weighted by Gasteiger charge is 2.22. The molecule has 0 N–H and O–H groups in total. The number of hydrogen-bond acceptors (Lipinski definition) is 2. The van der Waals surface area contributed by atoms with E-state index in [0.29, 0.717) is 0 Å². The Morgan fingerprint density at radius 1 is 1.26 bits per heavy atom. The second-order valence-corrected chi connectivity index (χ2v) is 5.97. The summed E-state index contributed by atoms with van der Waals surface area (Å²) in [7, 11) is 0. The van der Waals surface area contributed by atoms with Crippen LogP contribution in [-0.2, 0) is 0 Å². The van der Waals surface area contributed by atoms with E-state index in [2.05, 4.69) is 27.8 Å². The number of carbonyl (C=O) groups is 1. The molecule has 0 spiro atoms. The topological polar surface area (TPSA) is 23.6 Å². The Balaban J connectivity index is 2.01. The van der Waals surface area contributed by atoms with E-state index < -0.39 is 0 Å². The molecule has 104 valence electrons. The van der Waals surface area contributed by atoms with E-state index in [0.717, 1.165) is 48.3 Å². The summed E-state index contributed by atoms with van der Waals surface area (Å²) in [6, 6.07) is 5.91. The fourth-order valence-corrected chi connectivity index (χ4v) is 3.12. The van der Waals surface area contributed by atoms with Gasteiger partial charge in [-0.2, -0.15) is 0 Å². The first-order valence-electron chi connectivity index (χ1n) is 6.89. The third-order valence-electron chi connectivity index (χ3n) is 3.55. The van der Waals surface area contributed by atoms with Gasteiger partial charge in [0, 0.05) is 30.7 Å². The second kappa shape index (κ2) is 6.53. The molecule has 0 aromatic heterocycles. The number of amides is 1. The van der Waals surface area contributed by atoms with E-state index in [4.69, 9.17) is 0 Å². The van der Waals surface area contributed by atoms with Gasteiger partial charge in [0.2, 0.25) is 0 Å². The van der Waals surface area contributed by atoms with Crippen molar-refractivity contribution in [3.63, 3.8) is 0 Å². The van der Waals surface area contributed by atoms with Crippen molar-refractivity contribution >= 4 is 21.8 Å². The summed E-state index contributed by atoms with van der Waals surface area (Å²) >= 11 is 3.49. The van der Waals surface area contributed by atoms with Gasteiger partial charge >= 0.3 is 0 Å². The van der Waals surface area contributed by atoms with Crippen LogP contribution in [0.2, 0.25) is 0 Å². The van der Waals surface area contributed by atoms with Crippen molar-refractivity contribution in [2.45, 2.75) is 20.3 Å². The average molecular weight is 325 g/mol. The molecule has 0 bridgehead atoms. The molecule has 0 atom stereocenters. The Bertz CT molecular complexity index is 453. The van der Waals surface area contributed by atoms with Gasteiger partial charge in [0.25, 0.3) is 5.91 Å². The molecule has 19 heavy (non-hydrogen) atoms. The van der Waals surface area contributed by atoms with Gasteiger partial charge in [-0.1, -0.05) is 13.0 Å². The first-order chi connectivity index (χ1) is 9.11. The summed E-state index contributed by atoms with van der Waals surface area (Å²) < 4.78 is 0.897. The zero-order chi connectivity index (χ0) is 13.8. The molecule has 1 amide bonds. The molecule has 0 unspecified atom stereocenters. The SMILES string of the molecule is CCCN1CCN(C(=O)c2ccc(C)cc2Br)CC1. The number of benzene rings is 1. The van der Waals surface area contributed by atoms with Crippen molar-refractivity contribution in [3.05, 3.63) is 33.8 Å². The van der Waals surface area contributed by atoms with Gasteiger partial charge < -0.3 is 4.90 Å². The number of hydrogen-bond donors (Lipinski definition) is 0. The predicted molar refractivity (Wildman–Crippen MR) is 81.5 cm³/mol. The van der Waals surface area contributed by atoms with Crippen LogP contribution in [-0.4, -0.2) is 48.4 Å². The summed E-state index contributed by atoms with van der Waals surface area (Å²) in [6.45, 7) is 9.00. The molecular weight excluding hydrogens is 304 g/mol. The lowest BCUT2D eigenvalue weighted by Gasteiger charge is -2.34. The lowest BCUT2D eigenvalue weighted by atomic mass is 10.1. The number of halogens is 1. The van der Waals surface area contributed by atoms with E-state index >= 15 is 0 Å². The number of piperazine rings is 1. The van der Waals surface area contributed by atoms with E-state index in [1.165, 1.54) is 6.42 Å².